The highest BCUT2D eigenvalue weighted by Crippen LogP contribution is 2.20. The van der Waals surface area contributed by atoms with Crippen molar-refractivity contribution in [1.82, 2.24) is 10.2 Å². The molecule has 0 spiro atoms. The lowest BCUT2D eigenvalue weighted by Crippen LogP contribution is -2.43. The summed E-state index contributed by atoms with van der Waals surface area (Å²) in [4.78, 5) is 2.40. The van der Waals surface area contributed by atoms with Gasteiger partial charge in [-0.1, -0.05) is 44.2 Å². The van der Waals surface area contributed by atoms with E-state index in [2.05, 4.69) is 54.4 Å². The van der Waals surface area contributed by atoms with Crippen molar-refractivity contribution < 1.29 is 5.11 Å². The fourth-order valence-corrected chi connectivity index (χ4v) is 2.95. The van der Waals surface area contributed by atoms with Gasteiger partial charge in [-0.3, -0.25) is 0 Å². The molecule has 0 saturated carbocycles. The van der Waals surface area contributed by atoms with E-state index in [0.717, 1.165) is 39.0 Å². The Kier molecular flexibility index (Phi) is 6.02. The molecule has 2 rings (SSSR count). The SMILES string of the molecule is CCNC(CCN1CCC(C)C(O)C1)c1ccccc1. The van der Waals surface area contributed by atoms with Crippen molar-refractivity contribution in [3.05, 3.63) is 35.9 Å². The van der Waals surface area contributed by atoms with Crippen molar-refractivity contribution in [3.8, 4) is 0 Å². The monoisotopic (exact) mass is 276 g/mol. The Balaban J connectivity index is 1.86. The zero-order valence-electron chi connectivity index (χ0n) is 12.8. The number of likely N-dealkylation sites (tertiary alicyclic amines) is 1. The Morgan fingerprint density at radius 2 is 2.10 bits per heavy atom. The zero-order valence-corrected chi connectivity index (χ0v) is 12.8. The predicted octanol–water partition coefficient (Wildman–Crippen LogP) is 2.43. The maximum absolute atomic E-state index is 9.98. The van der Waals surface area contributed by atoms with Crippen molar-refractivity contribution in [3.63, 3.8) is 0 Å². The maximum atomic E-state index is 9.98. The molecule has 0 bridgehead atoms. The second kappa shape index (κ2) is 7.77. The normalized spacial score (nSPS) is 25.6. The Bertz CT molecular complexity index is 382. The van der Waals surface area contributed by atoms with Crippen LogP contribution in [0.1, 0.15) is 38.3 Å². The van der Waals surface area contributed by atoms with Crippen molar-refractivity contribution in [2.24, 2.45) is 5.92 Å². The van der Waals surface area contributed by atoms with Crippen LogP contribution >= 0.6 is 0 Å². The van der Waals surface area contributed by atoms with Gasteiger partial charge in [-0.15, -0.1) is 0 Å². The molecule has 112 valence electrons. The third-order valence-electron chi connectivity index (χ3n) is 4.39. The third-order valence-corrected chi connectivity index (χ3v) is 4.39. The van der Waals surface area contributed by atoms with Gasteiger partial charge in [0, 0.05) is 19.1 Å². The lowest BCUT2D eigenvalue weighted by atomic mass is 9.95. The minimum Gasteiger partial charge on any atom is -0.392 e. The lowest BCUT2D eigenvalue weighted by Gasteiger charge is -2.35. The van der Waals surface area contributed by atoms with Crippen LogP contribution < -0.4 is 5.32 Å². The Labute approximate surface area is 123 Å². The fraction of sp³-hybridized carbons (Fsp3) is 0.647. The van der Waals surface area contributed by atoms with E-state index in [4.69, 9.17) is 0 Å². The topological polar surface area (TPSA) is 35.5 Å². The number of nitrogens with zero attached hydrogens (tertiary/aromatic N) is 1. The maximum Gasteiger partial charge on any atom is 0.0693 e. The molecule has 1 saturated heterocycles. The number of piperidine rings is 1. The minimum absolute atomic E-state index is 0.155. The van der Waals surface area contributed by atoms with Crippen LogP contribution in [0.25, 0.3) is 0 Å². The molecule has 20 heavy (non-hydrogen) atoms. The number of nitrogens with one attached hydrogen (secondary N) is 1. The first-order valence-electron chi connectivity index (χ1n) is 7.89. The molecule has 1 aliphatic rings. The average Bonchev–Trinajstić information content (AvgIpc) is 2.48. The molecule has 3 nitrogen and oxygen atoms in total. The zero-order chi connectivity index (χ0) is 14.4. The Morgan fingerprint density at radius 3 is 2.75 bits per heavy atom. The molecule has 1 aromatic carbocycles. The molecular weight excluding hydrogens is 248 g/mol. The highest BCUT2D eigenvalue weighted by atomic mass is 16.3. The molecule has 0 aromatic heterocycles. The van der Waals surface area contributed by atoms with Gasteiger partial charge < -0.3 is 15.3 Å². The average molecular weight is 276 g/mol. The highest BCUT2D eigenvalue weighted by molar-refractivity contribution is 5.18. The molecule has 1 heterocycles. The largest absolute Gasteiger partial charge is 0.392 e. The van der Waals surface area contributed by atoms with E-state index in [9.17, 15) is 5.11 Å². The number of aliphatic hydroxyl groups excluding tert-OH is 1. The van der Waals surface area contributed by atoms with E-state index < -0.39 is 0 Å². The number of hydrogen-bond acceptors (Lipinski definition) is 3. The van der Waals surface area contributed by atoms with Crippen LogP contribution in [0.3, 0.4) is 0 Å². The molecule has 2 N–H and O–H groups in total. The van der Waals surface area contributed by atoms with Crippen molar-refractivity contribution >= 4 is 0 Å². The fourth-order valence-electron chi connectivity index (χ4n) is 2.95. The lowest BCUT2D eigenvalue weighted by molar-refractivity contribution is 0.0278. The van der Waals surface area contributed by atoms with Gasteiger partial charge in [0.05, 0.1) is 6.10 Å². The molecular formula is C17H28N2O. The highest BCUT2D eigenvalue weighted by Gasteiger charge is 2.24. The summed E-state index contributed by atoms with van der Waals surface area (Å²) in [7, 11) is 0. The van der Waals surface area contributed by atoms with Crippen molar-refractivity contribution in [2.75, 3.05) is 26.2 Å². The summed E-state index contributed by atoms with van der Waals surface area (Å²) in [5, 5.41) is 13.5. The molecule has 1 aliphatic heterocycles. The van der Waals surface area contributed by atoms with Gasteiger partial charge >= 0.3 is 0 Å². The van der Waals surface area contributed by atoms with E-state index >= 15 is 0 Å². The first kappa shape index (κ1) is 15.5. The second-order valence-electron chi connectivity index (χ2n) is 5.94. The van der Waals surface area contributed by atoms with Crippen molar-refractivity contribution in [2.45, 2.75) is 38.8 Å². The van der Waals surface area contributed by atoms with Crippen LogP contribution in [0.5, 0.6) is 0 Å². The van der Waals surface area contributed by atoms with E-state index in [1.54, 1.807) is 0 Å². The Morgan fingerprint density at radius 1 is 1.35 bits per heavy atom. The van der Waals surface area contributed by atoms with Gasteiger partial charge in [0.2, 0.25) is 0 Å². The van der Waals surface area contributed by atoms with E-state index in [1.807, 2.05) is 0 Å². The Hall–Kier alpha value is -0.900. The first-order chi connectivity index (χ1) is 9.70. The summed E-state index contributed by atoms with van der Waals surface area (Å²) < 4.78 is 0. The number of benzene rings is 1. The molecule has 3 atom stereocenters. The molecule has 0 aliphatic carbocycles. The molecule has 3 heteroatoms. The van der Waals surface area contributed by atoms with Gasteiger partial charge in [0.25, 0.3) is 0 Å². The quantitative estimate of drug-likeness (QED) is 0.837. The molecule has 0 radical (unpaired) electrons. The standard InChI is InChI=1S/C17H28N2O/c1-3-18-16(15-7-5-4-6-8-15)10-12-19-11-9-14(2)17(20)13-19/h4-8,14,16-18,20H,3,9-13H2,1-2H3. The van der Waals surface area contributed by atoms with Crippen LogP contribution in [0.2, 0.25) is 0 Å². The number of hydrogen-bond donors (Lipinski definition) is 2. The number of β-amino-alcohol motifs (C(OH)–C–C–N with tert-alkyl or cyclic N) is 1. The van der Waals surface area contributed by atoms with Crippen LogP contribution in [-0.4, -0.2) is 42.3 Å². The van der Waals surface area contributed by atoms with Crippen molar-refractivity contribution in [1.29, 1.82) is 0 Å². The molecule has 1 fully saturated rings. The van der Waals surface area contributed by atoms with Gasteiger partial charge in [0.1, 0.15) is 0 Å². The molecule has 0 amide bonds. The smallest absolute Gasteiger partial charge is 0.0693 e. The van der Waals surface area contributed by atoms with E-state index in [0.29, 0.717) is 12.0 Å². The van der Waals surface area contributed by atoms with Crippen LogP contribution in [0, 0.1) is 5.92 Å². The third kappa shape index (κ3) is 4.30. The summed E-state index contributed by atoms with van der Waals surface area (Å²) in [5.41, 5.74) is 1.36. The van der Waals surface area contributed by atoms with E-state index in [1.165, 1.54) is 5.56 Å². The summed E-state index contributed by atoms with van der Waals surface area (Å²) in [5.74, 6) is 0.449. The first-order valence-corrected chi connectivity index (χ1v) is 7.89. The summed E-state index contributed by atoms with van der Waals surface area (Å²) >= 11 is 0. The molecule has 1 aromatic rings. The number of rotatable bonds is 6. The number of aliphatic hydroxyl groups is 1. The summed E-state index contributed by atoms with van der Waals surface area (Å²) in [6.07, 6.45) is 2.05. The minimum atomic E-state index is -0.155. The summed E-state index contributed by atoms with van der Waals surface area (Å²) in [6, 6.07) is 11.1. The van der Waals surface area contributed by atoms with Crippen LogP contribution in [0.4, 0.5) is 0 Å². The second-order valence-corrected chi connectivity index (χ2v) is 5.94. The summed E-state index contributed by atoms with van der Waals surface area (Å²) in [6.45, 7) is 8.28. The van der Waals surface area contributed by atoms with Crippen LogP contribution in [-0.2, 0) is 0 Å². The van der Waals surface area contributed by atoms with Gasteiger partial charge in [-0.05, 0) is 37.4 Å². The predicted molar refractivity (Wildman–Crippen MR) is 83.7 cm³/mol. The van der Waals surface area contributed by atoms with Gasteiger partial charge in [0.15, 0.2) is 0 Å². The van der Waals surface area contributed by atoms with Gasteiger partial charge in [-0.2, -0.15) is 0 Å². The van der Waals surface area contributed by atoms with Gasteiger partial charge in [-0.25, -0.2) is 0 Å². The van der Waals surface area contributed by atoms with Crippen LogP contribution in [0.15, 0.2) is 30.3 Å². The molecule has 3 unspecified atom stereocenters. The van der Waals surface area contributed by atoms with E-state index in [-0.39, 0.29) is 6.10 Å².